The summed E-state index contributed by atoms with van der Waals surface area (Å²) in [6.45, 7) is 0.556. The van der Waals surface area contributed by atoms with Gasteiger partial charge < -0.3 is 19.7 Å². The Kier molecular flexibility index (Phi) is 6.83. The third-order valence-corrected chi connectivity index (χ3v) is 4.16. The first-order chi connectivity index (χ1) is 12.0. The maximum atomic E-state index is 12.5. The van der Waals surface area contributed by atoms with Gasteiger partial charge in [-0.25, -0.2) is 0 Å². The monoisotopic (exact) mass is 342 g/mol. The predicted molar refractivity (Wildman–Crippen MR) is 99.5 cm³/mol. The number of hydrogen-bond donors (Lipinski definition) is 1. The van der Waals surface area contributed by atoms with E-state index in [0.717, 1.165) is 6.42 Å². The Morgan fingerprint density at radius 3 is 2.16 bits per heavy atom. The van der Waals surface area contributed by atoms with Crippen molar-refractivity contribution in [1.29, 1.82) is 0 Å². The molecule has 2 rings (SSSR count). The Labute approximate surface area is 149 Å². The third kappa shape index (κ3) is 5.50. The van der Waals surface area contributed by atoms with Crippen molar-refractivity contribution in [2.75, 3.05) is 34.9 Å². The van der Waals surface area contributed by atoms with Crippen LogP contribution < -0.4 is 14.8 Å². The average Bonchev–Trinajstić information content (AvgIpc) is 2.64. The SMILES string of the molecule is COc1cc(OC)cc(C(=O)NCC(Cc2ccccc2)N(C)C)c1. The predicted octanol–water partition coefficient (Wildman–Crippen LogP) is 2.61. The number of rotatable bonds is 8. The van der Waals surface area contributed by atoms with Crippen molar-refractivity contribution < 1.29 is 14.3 Å². The lowest BCUT2D eigenvalue weighted by Crippen LogP contribution is -2.41. The quantitative estimate of drug-likeness (QED) is 0.801. The average molecular weight is 342 g/mol. The molecule has 0 bridgehead atoms. The molecule has 2 aromatic rings. The number of hydrogen-bond acceptors (Lipinski definition) is 4. The molecule has 1 N–H and O–H groups in total. The van der Waals surface area contributed by atoms with Gasteiger partial charge in [-0.3, -0.25) is 4.79 Å². The molecule has 2 aromatic carbocycles. The minimum absolute atomic E-state index is 0.142. The molecule has 0 aromatic heterocycles. The van der Waals surface area contributed by atoms with Crippen LogP contribution in [0.25, 0.3) is 0 Å². The largest absolute Gasteiger partial charge is 0.497 e. The second kappa shape index (κ2) is 9.08. The lowest BCUT2D eigenvalue weighted by molar-refractivity contribution is 0.0941. The van der Waals surface area contributed by atoms with E-state index in [1.807, 2.05) is 32.3 Å². The van der Waals surface area contributed by atoms with Gasteiger partial charge in [0, 0.05) is 24.2 Å². The highest BCUT2D eigenvalue weighted by Crippen LogP contribution is 2.22. The van der Waals surface area contributed by atoms with Crippen LogP contribution in [-0.2, 0) is 6.42 Å². The van der Waals surface area contributed by atoms with Crippen molar-refractivity contribution in [3.05, 3.63) is 59.7 Å². The molecule has 0 spiro atoms. The molecule has 0 radical (unpaired) electrons. The van der Waals surface area contributed by atoms with E-state index < -0.39 is 0 Å². The van der Waals surface area contributed by atoms with Crippen LogP contribution in [0.15, 0.2) is 48.5 Å². The number of carbonyl (C=O) groups is 1. The van der Waals surface area contributed by atoms with Crippen molar-refractivity contribution in [2.24, 2.45) is 0 Å². The van der Waals surface area contributed by atoms with Gasteiger partial charge in [0.1, 0.15) is 11.5 Å². The molecule has 1 amide bonds. The first-order valence-electron chi connectivity index (χ1n) is 8.25. The van der Waals surface area contributed by atoms with E-state index in [0.29, 0.717) is 23.6 Å². The maximum absolute atomic E-state index is 12.5. The molecule has 0 aliphatic carbocycles. The standard InChI is InChI=1S/C20H26N2O3/c1-22(2)17(10-15-8-6-5-7-9-15)14-21-20(23)16-11-18(24-3)13-19(12-16)25-4/h5-9,11-13,17H,10,14H2,1-4H3,(H,21,23). The fourth-order valence-electron chi connectivity index (χ4n) is 2.57. The van der Waals surface area contributed by atoms with E-state index in [1.165, 1.54) is 5.56 Å². The second-order valence-electron chi connectivity index (χ2n) is 6.12. The Morgan fingerprint density at radius 1 is 1.04 bits per heavy atom. The van der Waals surface area contributed by atoms with Crippen LogP contribution in [0.5, 0.6) is 11.5 Å². The first kappa shape index (κ1) is 18.8. The molecule has 5 nitrogen and oxygen atoms in total. The summed E-state index contributed by atoms with van der Waals surface area (Å²) < 4.78 is 10.4. The highest BCUT2D eigenvalue weighted by atomic mass is 16.5. The molecule has 5 heteroatoms. The highest BCUT2D eigenvalue weighted by molar-refractivity contribution is 5.95. The Balaban J connectivity index is 2.03. The van der Waals surface area contributed by atoms with Gasteiger partial charge in [-0.05, 0) is 38.2 Å². The number of methoxy groups -OCH3 is 2. The van der Waals surface area contributed by atoms with Crippen LogP contribution in [0.1, 0.15) is 15.9 Å². The molecular formula is C20H26N2O3. The van der Waals surface area contributed by atoms with E-state index in [9.17, 15) is 4.79 Å². The van der Waals surface area contributed by atoms with Crippen molar-refractivity contribution in [2.45, 2.75) is 12.5 Å². The molecular weight excluding hydrogens is 316 g/mol. The van der Waals surface area contributed by atoms with E-state index in [1.54, 1.807) is 32.4 Å². The summed E-state index contributed by atoms with van der Waals surface area (Å²) in [5, 5.41) is 3.01. The van der Waals surface area contributed by atoms with Crippen molar-refractivity contribution >= 4 is 5.91 Å². The summed E-state index contributed by atoms with van der Waals surface area (Å²) in [5.41, 5.74) is 1.77. The van der Waals surface area contributed by atoms with Crippen molar-refractivity contribution in [3.63, 3.8) is 0 Å². The summed E-state index contributed by atoms with van der Waals surface area (Å²) in [7, 11) is 7.18. The lowest BCUT2D eigenvalue weighted by atomic mass is 10.0. The van der Waals surface area contributed by atoms with Gasteiger partial charge in [0.15, 0.2) is 0 Å². The van der Waals surface area contributed by atoms with E-state index in [2.05, 4.69) is 22.3 Å². The third-order valence-electron chi connectivity index (χ3n) is 4.16. The fourth-order valence-corrected chi connectivity index (χ4v) is 2.57. The Morgan fingerprint density at radius 2 is 1.64 bits per heavy atom. The number of nitrogens with zero attached hydrogens (tertiary/aromatic N) is 1. The molecule has 0 heterocycles. The number of likely N-dealkylation sites (N-methyl/N-ethyl adjacent to an activating group) is 1. The Bertz CT molecular complexity index is 664. The van der Waals surface area contributed by atoms with Gasteiger partial charge in [0.05, 0.1) is 14.2 Å². The molecule has 1 atom stereocenters. The van der Waals surface area contributed by atoms with E-state index in [-0.39, 0.29) is 11.9 Å². The zero-order valence-corrected chi connectivity index (χ0v) is 15.3. The smallest absolute Gasteiger partial charge is 0.251 e. The molecule has 0 aliphatic rings. The molecule has 0 saturated heterocycles. The molecule has 0 aliphatic heterocycles. The van der Waals surface area contributed by atoms with Gasteiger partial charge in [-0.2, -0.15) is 0 Å². The van der Waals surface area contributed by atoms with Crippen LogP contribution >= 0.6 is 0 Å². The molecule has 1 unspecified atom stereocenters. The molecule has 25 heavy (non-hydrogen) atoms. The summed E-state index contributed by atoms with van der Waals surface area (Å²) in [5.74, 6) is 1.05. The number of carbonyl (C=O) groups excluding carboxylic acids is 1. The second-order valence-corrected chi connectivity index (χ2v) is 6.12. The summed E-state index contributed by atoms with van der Waals surface area (Å²) in [4.78, 5) is 14.6. The maximum Gasteiger partial charge on any atom is 0.251 e. The van der Waals surface area contributed by atoms with Gasteiger partial charge >= 0.3 is 0 Å². The molecule has 0 fully saturated rings. The highest BCUT2D eigenvalue weighted by Gasteiger charge is 2.15. The van der Waals surface area contributed by atoms with Gasteiger partial charge in [-0.1, -0.05) is 30.3 Å². The minimum Gasteiger partial charge on any atom is -0.497 e. The first-order valence-corrected chi connectivity index (χ1v) is 8.25. The van der Waals surface area contributed by atoms with Crippen molar-refractivity contribution in [3.8, 4) is 11.5 Å². The van der Waals surface area contributed by atoms with Crippen LogP contribution in [0.4, 0.5) is 0 Å². The topological polar surface area (TPSA) is 50.8 Å². The summed E-state index contributed by atoms with van der Waals surface area (Å²) in [6, 6.07) is 15.6. The number of nitrogens with one attached hydrogen (secondary N) is 1. The zero-order valence-electron chi connectivity index (χ0n) is 15.3. The number of amides is 1. The van der Waals surface area contributed by atoms with Crippen LogP contribution in [0.2, 0.25) is 0 Å². The Hall–Kier alpha value is -2.53. The number of ether oxygens (including phenoxy) is 2. The van der Waals surface area contributed by atoms with Crippen molar-refractivity contribution in [1.82, 2.24) is 10.2 Å². The summed E-state index contributed by atoms with van der Waals surface area (Å²) >= 11 is 0. The summed E-state index contributed by atoms with van der Waals surface area (Å²) in [6.07, 6.45) is 0.871. The van der Waals surface area contributed by atoms with E-state index >= 15 is 0 Å². The van der Waals surface area contributed by atoms with E-state index in [4.69, 9.17) is 9.47 Å². The van der Waals surface area contributed by atoms with Gasteiger partial charge in [-0.15, -0.1) is 0 Å². The number of benzene rings is 2. The van der Waals surface area contributed by atoms with Gasteiger partial charge in [0.25, 0.3) is 5.91 Å². The zero-order chi connectivity index (χ0) is 18.2. The normalized spacial score (nSPS) is 11.9. The van der Waals surface area contributed by atoms with Crippen LogP contribution in [0, 0.1) is 0 Å². The van der Waals surface area contributed by atoms with Crippen LogP contribution in [0.3, 0.4) is 0 Å². The van der Waals surface area contributed by atoms with Gasteiger partial charge in [0.2, 0.25) is 0 Å². The van der Waals surface area contributed by atoms with Crippen LogP contribution in [-0.4, -0.2) is 51.7 Å². The molecule has 0 saturated carbocycles. The minimum atomic E-state index is -0.142. The molecule has 134 valence electrons. The lowest BCUT2D eigenvalue weighted by Gasteiger charge is -2.25. The fraction of sp³-hybridized carbons (Fsp3) is 0.350.